The second kappa shape index (κ2) is 9.15. The third-order valence-corrected chi connectivity index (χ3v) is 3.75. The van der Waals surface area contributed by atoms with E-state index >= 15 is 0 Å². The van der Waals surface area contributed by atoms with Crippen molar-refractivity contribution in [3.05, 3.63) is 35.4 Å². The Labute approximate surface area is 125 Å². The Morgan fingerprint density at radius 1 is 1.05 bits per heavy atom. The topological polar surface area (TPSA) is 15.3 Å². The Bertz CT molecular complexity index is 371. The summed E-state index contributed by atoms with van der Waals surface area (Å²) < 4.78 is 0. The molecule has 0 atom stereocenters. The number of benzene rings is 1. The maximum absolute atomic E-state index is 3.54. The van der Waals surface area contributed by atoms with Gasteiger partial charge >= 0.3 is 0 Å². The molecule has 0 aliphatic rings. The van der Waals surface area contributed by atoms with Gasteiger partial charge in [-0.1, -0.05) is 45.0 Å². The molecule has 0 fully saturated rings. The summed E-state index contributed by atoms with van der Waals surface area (Å²) in [7, 11) is 0. The van der Waals surface area contributed by atoms with Gasteiger partial charge in [-0.3, -0.25) is 4.90 Å². The van der Waals surface area contributed by atoms with E-state index in [0.29, 0.717) is 6.04 Å². The van der Waals surface area contributed by atoms with Crippen molar-refractivity contribution in [3.63, 3.8) is 0 Å². The van der Waals surface area contributed by atoms with Gasteiger partial charge in [0, 0.05) is 12.6 Å². The molecule has 1 aromatic rings. The Kier molecular flexibility index (Phi) is 7.86. The fourth-order valence-corrected chi connectivity index (χ4v) is 2.45. The van der Waals surface area contributed by atoms with Crippen molar-refractivity contribution in [2.75, 3.05) is 19.6 Å². The summed E-state index contributed by atoms with van der Waals surface area (Å²) in [6.45, 7) is 15.6. The van der Waals surface area contributed by atoms with E-state index in [4.69, 9.17) is 0 Å². The van der Waals surface area contributed by atoms with Crippen LogP contribution < -0.4 is 5.32 Å². The molecule has 2 heteroatoms. The van der Waals surface area contributed by atoms with Crippen LogP contribution in [-0.2, 0) is 13.0 Å². The molecule has 0 unspecified atom stereocenters. The van der Waals surface area contributed by atoms with Crippen molar-refractivity contribution in [1.82, 2.24) is 10.2 Å². The van der Waals surface area contributed by atoms with Crippen LogP contribution in [0.3, 0.4) is 0 Å². The summed E-state index contributed by atoms with van der Waals surface area (Å²) in [6.07, 6.45) is 1.12. The zero-order chi connectivity index (χ0) is 15.0. The first kappa shape index (κ1) is 17.2. The van der Waals surface area contributed by atoms with Gasteiger partial charge < -0.3 is 5.32 Å². The molecule has 0 bridgehead atoms. The minimum Gasteiger partial charge on any atom is -0.316 e. The number of nitrogens with one attached hydrogen (secondary N) is 1. The quantitative estimate of drug-likeness (QED) is 0.692. The van der Waals surface area contributed by atoms with Crippen LogP contribution in [-0.4, -0.2) is 30.6 Å². The van der Waals surface area contributed by atoms with E-state index in [1.54, 1.807) is 0 Å². The minimum atomic E-state index is 0.604. The van der Waals surface area contributed by atoms with Gasteiger partial charge in [-0.25, -0.2) is 0 Å². The molecule has 0 spiro atoms. The van der Waals surface area contributed by atoms with Crippen LogP contribution in [0.25, 0.3) is 0 Å². The van der Waals surface area contributed by atoms with Gasteiger partial charge in [0.25, 0.3) is 0 Å². The first-order valence-corrected chi connectivity index (χ1v) is 8.06. The molecule has 0 aliphatic carbocycles. The first-order valence-electron chi connectivity index (χ1n) is 8.06. The highest BCUT2D eigenvalue weighted by Gasteiger charge is 2.10. The summed E-state index contributed by atoms with van der Waals surface area (Å²) in [5.41, 5.74) is 2.97. The second-order valence-electron chi connectivity index (χ2n) is 6.27. The summed E-state index contributed by atoms with van der Waals surface area (Å²) in [5.74, 6) is 0.724. The van der Waals surface area contributed by atoms with Crippen molar-refractivity contribution in [1.29, 1.82) is 0 Å². The lowest BCUT2D eigenvalue weighted by Gasteiger charge is -2.26. The minimum absolute atomic E-state index is 0.604. The lowest BCUT2D eigenvalue weighted by atomic mass is 10.0. The number of hydrogen-bond donors (Lipinski definition) is 1. The third-order valence-electron chi connectivity index (χ3n) is 3.75. The Morgan fingerprint density at radius 3 is 2.25 bits per heavy atom. The average molecular weight is 276 g/mol. The smallest absolute Gasteiger partial charge is 0.0239 e. The maximum Gasteiger partial charge on any atom is 0.0239 e. The van der Waals surface area contributed by atoms with Gasteiger partial charge in [-0.15, -0.1) is 0 Å². The number of nitrogens with zero attached hydrogens (tertiary/aromatic N) is 1. The van der Waals surface area contributed by atoms with Crippen LogP contribution in [0, 0.1) is 5.92 Å². The van der Waals surface area contributed by atoms with Crippen LogP contribution in [0.5, 0.6) is 0 Å². The van der Waals surface area contributed by atoms with Crippen LogP contribution in [0.2, 0.25) is 0 Å². The van der Waals surface area contributed by atoms with Crippen LogP contribution in [0.15, 0.2) is 24.3 Å². The molecule has 0 heterocycles. The van der Waals surface area contributed by atoms with Gasteiger partial charge in [0.15, 0.2) is 0 Å². The fraction of sp³-hybridized carbons (Fsp3) is 0.667. The highest BCUT2D eigenvalue weighted by atomic mass is 15.1. The van der Waals surface area contributed by atoms with E-state index in [0.717, 1.165) is 38.5 Å². The second-order valence-corrected chi connectivity index (χ2v) is 6.27. The Hall–Kier alpha value is -0.860. The van der Waals surface area contributed by atoms with Crippen molar-refractivity contribution in [2.24, 2.45) is 5.92 Å². The highest BCUT2D eigenvalue weighted by molar-refractivity contribution is 5.27. The largest absolute Gasteiger partial charge is 0.316 e. The average Bonchev–Trinajstić information content (AvgIpc) is 2.41. The molecule has 1 rings (SSSR count). The van der Waals surface area contributed by atoms with E-state index in [9.17, 15) is 0 Å². The third kappa shape index (κ3) is 6.06. The molecular weight excluding hydrogens is 244 g/mol. The normalized spacial score (nSPS) is 11.8. The summed E-state index contributed by atoms with van der Waals surface area (Å²) >= 11 is 0. The number of rotatable bonds is 9. The van der Waals surface area contributed by atoms with Crippen LogP contribution >= 0.6 is 0 Å². The van der Waals surface area contributed by atoms with E-state index in [1.165, 1.54) is 11.1 Å². The highest BCUT2D eigenvalue weighted by Crippen LogP contribution is 2.14. The molecular formula is C18H32N2. The van der Waals surface area contributed by atoms with E-state index in [2.05, 4.69) is 69.1 Å². The standard InChI is InChI=1S/C18H32N2/c1-6-20(16(4)5)14-18-10-8-7-9-17(18)11-12-19-13-15(2)3/h7-10,15-16,19H,6,11-14H2,1-5H3. The summed E-state index contributed by atoms with van der Waals surface area (Å²) in [5, 5.41) is 3.54. The van der Waals surface area contributed by atoms with Crippen molar-refractivity contribution in [3.8, 4) is 0 Å². The molecule has 114 valence electrons. The zero-order valence-electron chi connectivity index (χ0n) is 13.9. The molecule has 1 aromatic carbocycles. The summed E-state index contributed by atoms with van der Waals surface area (Å²) in [6, 6.07) is 9.48. The molecule has 0 radical (unpaired) electrons. The molecule has 1 N–H and O–H groups in total. The Balaban J connectivity index is 2.58. The number of hydrogen-bond acceptors (Lipinski definition) is 2. The molecule has 0 aromatic heterocycles. The molecule has 2 nitrogen and oxygen atoms in total. The lowest BCUT2D eigenvalue weighted by molar-refractivity contribution is 0.224. The first-order chi connectivity index (χ1) is 9.54. The maximum atomic E-state index is 3.54. The van der Waals surface area contributed by atoms with E-state index in [-0.39, 0.29) is 0 Å². The molecule has 0 aliphatic heterocycles. The van der Waals surface area contributed by atoms with Gasteiger partial charge in [-0.2, -0.15) is 0 Å². The molecule has 0 saturated carbocycles. The van der Waals surface area contributed by atoms with Crippen LogP contribution in [0.1, 0.15) is 45.7 Å². The van der Waals surface area contributed by atoms with Gasteiger partial charge in [0.2, 0.25) is 0 Å². The Morgan fingerprint density at radius 2 is 1.70 bits per heavy atom. The molecule has 0 saturated heterocycles. The molecule has 0 amide bonds. The van der Waals surface area contributed by atoms with Crippen molar-refractivity contribution in [2.45, 2.75) is 53.6 Å². The predicted octanol–water partition coefficient (Wildman–Crippen LogP) is 3.71. The SMILES string of the molecule is CCN(Cc1ccccc1CCNCC(C)C)C(C)C. The lowest BCUT2D eigenvalue weighted by Crippen LogP contribution is -2.30. The van der Waals surface area contributed by atoms with Gasteiger partial charge in [-0.05, 0) is 56.9 Å². The van der Waals surface area contributed by atoms with Crippen LogP contribution in [0.4, 0.5) is 0 Å². The molecule has 20 heavy (non-hydrogen) atoms. The predicted molar refractivity (Wildman–Crippen MR) is 89.1 cm³/mol. The zero-order valence-corrected chi connectivity index (χ0v) is 13.9. The van der Waals surface area contributed by atoms with Crippen molar-refractivity contribution >= 4 is 0 Å². The van der Waals surface area contributed by atoms with Gasteiger partial charge in [0.05, 0.1) is 0 Å². The van der Waals surface area contributed by atoms with E-state index in [1.807, 2.05) is 0 Å². The van der Waals surface area contributed by atoms with Gasteiger partial charge in [0.1, 0.15) is 0 Å². The van der Waals surface area contributed by atoms with E-state index < -0.39 is 0 Å². The van der Waals surface area contributed by atoms with Crippen molar-refractivity contribution < 1.29 is 0 Å². The fourth-order valence-electron chi connectivity index (χ4n) is 2.45. The summed E-state index contributed by atoms with van der Waals surface area (Å²) in [4.78, 5) is 2.51. The monoisotopic (exact) mass is 276 g/mol.